The summed E-state index contributed by atoms with van der Waals surface area (Å²) >= 11 is 0. The highest BCUT2D eigenvalue weighted by Crippen LogP contribution is 2.17. The monoisotopic (exact) mass is 308 g/mol. The third kappa shape index (κ3) is 5.57. The molecule has 1 aliphatic carbocycles. The SMILES string of the molecule is COc1ccc(/C=C2/C#CCCCCC#CC2OC(C)=O)cc1. The number of benzene rings is 1. The molecule has 23 heavy (non-hydrogen) atoms. The van der Waals surface area contributed by atoms with E-state index in [0.717, 1.165) is 37.0 Å². The van der Waals surface area contributed by atoms with Gasteiger partial charge in [-0.15, -0.1) is 0 Å². The molecule has 0 aromatic heterocycles. The molecule has 1 unspecified atom stereocenters. The summed E-state index contributed by atoms with van der Waals surface area (Å²) in [4.78, 5) is 11.4. The standard InChI is InChI=1S/C20H20O3/c1-16(21)23-20-10-8-6-4-3-5-7-9-18(20)15-17-11-13-19(22-2)14-12-17/h11-15,20H,3-6H2,1-2H3/b18-15-. The van der Waals surface area contributed by atoms with Crippen LogP contribution in [0.2, 0.25) is 0 Å². The molecule has 3 heteroatoms. The first-order chi connectivity index (χ1) is 11.2. The average Bonchev–Trinajstić information content (AvgIpc) is 2.55. The van der Waals surface area contributed by atoms with Gasteiger partial charge in [-0.2, -0.15) is 0 Å². The van der Waals surface area contributed by atoms with Crippen molar-refractivity contribution in [2.45, 2.75) is 38.7 Å². The number of ether oxygens (including phenoxy) is 2. The predicted octanol–water partition coefficient (Wildman–Crippen LogP) is 3.59. The fourth-order valence-corrected chi connectivity index (χ4v) is 2.15. The van der Waals surface area contributed by atoms with E-state index in [2.05, 4.69) is 23.7 Å². The van der Waals surface area contributed by atoms with Gasteiger partial charge in [-0.25, -0.2) is 0 Å². The fourth-order valence-electron chi connectivity index (χ4n) is 2.15. The third-order valence-corrected chi connectivity index (χ3v) is 3.32. The van der Waals surface area contributed by atoms with Crippen molar-refractivity contribution in [1.29, 1.82) is 0 Å². The van der Waals surface area contributed by atoms with E-state index >= 15 is 0 Å². The minimum absolute atomic E-state index is 0.358. The van der Waals surface area contributed by atoms with Gasteiger partial charge < -0.3 is 9.47 Å². The Labute approximate surface area is 137 Å². The zero-order valence-electron chi connectivity index (χ0n) is 13.5. The van der Waals surface area contributed by atoms with Gasteiger partial charge in [-0.3, -0.25) is 4.79 Å². The molecule has 118 valence electrons. The third-order valence-electron chi connectivity index (χ3n) is 3.32. The molecule has 3 nitrogen and oxygen atoms in total. The van der Waals surface area contributed by atoms with E-state index in [4.69, 9.17) is 9.47 Å². The van der Waals surface area contributed by atoms with Gasteiger partial charge in [0.15, 0.2) is 6.10 Å². The van der Waals surface area contributed by atoms with Crippen molar-refractivity contribution < 1.29 is 14.3 Å². The summed E-state index contributed by atoms with van der Waals surface area (Å²) in [6.45, 7) is 1.39. The molecule has 0 fully saturated rings. The summed E-state index contributed by atoms with van der Waals surface area (Å²) in [6.07, 6.45) is 4.99. The average molecular weight is 308 g/mol. The van der Waals surface area contributed by atoms with E-state index in [-0.39, 0.29) is 5.97 Å². The number of rotatable bonds is 3. The maximum Gasteiger partial charge on any atom is 0.304 e. The Hall–Kier alpha value is -2.65. The highest BCUT2D eigenvalue weighted by atomic mass is 16.5. The molecular weight excluding hydrogens is 288 g/mol. The fraction of sp³-hybridized carbons (Fsp3) is 0.350. The van der Waals surface area contributed by atoms with Crippen molar-refractivity contribution in [2.24, 2.45) is 0 Å². The molecule has 0 aliphatic heterocycles. The Morgan fingerprint density at radius 2 is 1.87 bits per heavy atom. The Bertz CT molecular complexity index is 690. The van der Waals surface area contributed by atoms with Gasteiger partial charge in [-0.05, 0) is 36.6 Å². The minimum atomic E-state index is -0.611. The molecule has 1 aromatic rings. The van der Waals surface area contributed by atoms with E-state index < -0.39 is 6.10 Å². The maximum atomic E-state index is 11.4. The van der Waals surface area contributed by atoms with Gasteiger partial charge >= 0.3 is 5.97 Å². The molecule has 0 spiro atoms. The van der Waals surface area contributed by atoms with Crippen molar-refractivity contribution >= 4 is 12.0 Å². The predicted molar refractivity (Wildman–Crippen MR) is 90.5 cm³/mol. The summed E-state index contributed by atoms with van der Waals surface area (Å²) < 4.78 is 10.5. The molecule has 2 rings (SSSR count). The molecule has 0 saturated carbocycles. The molecule has 0 saturated heterocycles. The Morgan fingerprint density at radius 3 is 2.52 bits per heavy atom. The summed E-state index contributed by atoms with van der Waals surface area (Å²) in [5.74, 6) is 12.8. The zero-order valence-corrected chi connectivity index (χ0v) is 13.5. The first kappa shape index (κ1) is 16.7. The van der Waals surface area contributed by atoms with Crippen molar-refractivity contribution in [2.75, 3.05) is 7.11 Å². The first-order valence-corrected chi connectivity index (χ1v) is 7.69. The van der Waals surface area contributed by atoms with Gasteiger partial charge in [-0.1, -0.05) is 35.8 Å². The molecule has 0 heterocycles. The Balaban J connectivity index is 2.35. The van der Waals surface area contributed by atoms with Crippen LogP contribution in [0.3, 0.4) is 0 Å². The lowest BCUT2D eigenvalue weighted by atomic mass is 10.0. The smallest absolute Gasteiger partial charge is 0.304 e. The number of carbonyl (C=O) groups excluding carboxylic acids is 1. The van der Waals surface area contributed by atoms with E-state index in [1.807, 2.05) is 30.3 Å². The van der Waals surface area contributed by atoms with E-state index in [1.54, 1.807) is 7.11 Å². The molecule has 1 atom stereocenters. The lowest BCUT2D eigenvalue weighted by molar-refractivity contribution is -0.142. The lowest BCUT2D eigenvalue weighted by Crippen LogP contribution is -2.16. The topological polar surface area (TPSA) is 35.5 Å². The van der Waals surface area contributed by atoms with E-state index in [9.17, 15) is 4.79 Å². The normalized spacial score (nSPS) is 18.9. The van der Waals surface area contributed by atoms with Gasteiger partial charge in [0.1, 0.15) is 5.75 Å². The van der Waals surface area contributed by atoms with Crippen LogP contribution in [-0.4, -0.2) is 19.2 Å². The van der Waals surface area contributed by atoms with Gasteiger partial charge in [0.2, 0.25) is 0 Å². The molecule has 0 amide bonds. The van der Waals surface area contributed by atoms with Crippen LogP contribution in [0.1, 0.15) is 38.2 Å². The minimum Gasteiger partial charge on any atom is -0.497 e. The van der Waals surface area contributed by atoms with Crippen LogP contribution in [0.15, 0.2) is 29.8 Å². The first-order valence-electron chi connectivity index (χ1n) is 7.69. The van der Waals surface area contributed by atoms with Crippen molar-refractivity contribution in [3.05, 3.63) is 35.4 Å². The summed E-state index contributed by atoms with van der Waals surface area (Å²) in [7, 11) is 1.63. The maximum absolute atomic E-state index is 11.4. The molecular formula is C20H20O3. The van der Waals surface area contributed by atoms with Crippen molar-refractivity contribution in [1.82, 2.24) is 0 Å². The van der Waals surface area contributed by atoms with Crippen LogP contribution in [0.4, 0.5) is 0 Å². The molecule has 1 aromatic carbocycles. The molecule has 0 radical (unpaired) electrons. The van der Waals surface area contributed by atoms with Crippen LogP contribution in [0.5, 0.6) is 5.75 Å². The summed E-state index contributed by atoms with van der Waals surface area (Å²) in [6, 6.07) is 7.63. The van der Waals surface area contributed by atoms with E-state index in [1.165, 1.54) is 6.92 Å². The second-order valence-electron chi connectivity index (χ2n) is 5.19. The summed E-state index contributed by atoms with van der Waals surface area (Å²) in [5.41, 5.74) is 1.67. The number of methoxy groups -OCH3 is 1. The second kappa shape index (κ2) is 8.71. The number of hydrogen-bond acceptors (Lipinski definition) is 3. The number of carbonyl (C=O) groups is 1. The Morgan fingerprint density at radius 1 is 1.17 bits per heavy atom. The molecule has 0 N–H and O–H groups in total. The van der Waals surface area contributed by atoms with Crippen LogP contribution in [-0.2, 0) is 9.53 Å². The molecule has 0 bridgehead atoms. The van der Waals surface area contributed by atoms with Crippen LogP contribution < -0.4 is 4.74 Å². The van der Waals surface area contributed by atoms with Crippen LogP contribution in [0, 0.1) is 23.7 Å². The highest BCUT2D eigenvalue weighted by molar-refractivity contribution is 5.69. The largest absolute Gasteiger partial charge is 0.497 e. The summed E-state index contributed by atoms with van der Waals surface area (Å²) in [5, 5.41) is 0. The second-order valence-corrected chi connectivity index (χ2v) is 5.19. The quantitative estimate of drug-likeness (QED) is 0.632. The van der Waals surface area contributed by atoms with Crippen LogP contribution in [0.25, 0.3) is 6.08 Å². The van der Waals surface area contributed by atoms with Crippen molar-refractivity contribution in [3.63, 3.8) is 0 Å². The van der Waals surface area contributed by atoms with Gasteiger partial charge in [0.05, 0.1) is 12.7 Å². The lowest BCUT2D eigenvalue weighted by Gasteiger charge is -2.12. The zero-order chi connectivity index (χ0) is 16.5. The van der Waals surface area contributed by atoms with Crippen LogP contribution >= 0.6 is 0 Å². The van der Waals surface area contributed by atoms with Gasteiger partial charge in [0.25, 0.3) is 0 Å². The van der Waals surface area contributed by atoms with E-state index in [0.29, 0.717) is 5.57 Å². The van der Waals surface area contributed by atoms with Gasteiger partial charge in [0, 0.05) is 19.8 Å². The van der Waals surface area contributed by atoms with Crippen molar-refractivity contribution in [3.8, 4) is 29.4 Å². The number of esters is 1. The highest BCUT2D eigenvalue weighted by Gasteiger charge is 2.14. The number of hydrogen-bond donors (Lipinski definition) is 0. The molecule has 1 aliphatic rings. The Kier molecular flexibility index (Phi) is 6.33.